The molecule has 0 radical (unpaired) electrons. The first-order valence-electron chi connectivity index (χ1n) is 4.77. The highest BCUT2D eigenvalue weighted by molar-refractivity contribution is 7.98. The van der Waals surface area contributed by atoms with E-state index in [0.717, 1.165) is 10.5 Å². The van der Waals surface area contributed by atoms with E-state index in [1.54, 1.807) is 17.8 Å². The van der Waals surface area contributed by atoms with Gasteiger partial charge in [0.25, 0.3) is 0 Å². The lowest BCUT2D eigenvalue weighted by Gasteiger charge is -2.07. The Morgan fingerprint density at radius 3 is 2.69 bits per heavy atom. The van der Waals surface area contributed by atoms with Gasteiger partial charge in [0, 0.05) is 16.0 Å². The molecule has 1 aromatic carbocycles. The summed E-state index contributed by atoms with van der Waals surface area (Å²) in [6.07, 6.45) is 3.50. The maximum atomic E-state index is 13.8. The van der Waals surface area contributed by atoms with Crippen molar-refractivity contribution in [2.24, 2.45) is 0 Å². The molecule has 1 heterocycles. The molecule has 2 rings (SSSR count). The van der Waals surface area contributed by atoms with Crippen LogP contribution < -0.4 is 5.73 Å². The first kappa shape index (κ1) is 11.0. The monoisotopic (exact) mass is 237 g/mol. The van der Waals surface area contributed by atoms with Gasteiger partial charge in [-0.25, -0.2) is 4.39 Å². The third kappa shape index (κ3) is 1.78. The van der Waals surface area contributed by atoms with Crippen molar-refractivity contribution in [3.8, 4) is 11.1 Å². The number of nitrogens with two attached hydrogens (primary N) is 1. The van der Waals surface area contributed by atoms with E-state index in [4.69, 9.17) is 5.73 Å². The molecule has 0 fully saturated rings. The van der Waals surface area contributed by atoms with Gasteiger partial charge in [-0.2, -0.15) is 5.10 Å². The van der Waals surface area contributed by atoms with Crippen LogP contribution >= 0.6 is 11.8 Å². The van der Waals surface area contributed by atoms with Crippen molar-refractivity contribution >= 4 is 17.6 Å². The molecular formula is C11H12FN3S. The molecular weight excluding hydrogens is 225 g/mol. The molecule has 3 nitrogen and oxygen atoms in total. The molecule has 0 aliphatic carbocycles. The summed E-state index contributed by atoms with van der Waals surface area (Å²) in [7, 11) is 0. The minimum absolute atomic E-state index is 0.275. The summed E-state index contributed by atoms with van der Waals surface area (Å²) in [4.78, 5) is 1.04. The lowest BCUT2D eigenvalue weighted by atomic mass is 10.1. The summed E-state index contributed by atoms with van der Waals surface area (Å²) in [5, 5.41) is 6.39. The van der Waals surface area contributed by atoms with Crippen LogP contribution in [0.15, 0.2) is 23.2 Å². The highest BCUT2D eigenvalue weighted by atomic mass is 32.2. The first-order valence-corrected chi connectivity index (χ1v) is 5.99. The zero-order chi connectivity index (χ0) is 11.7. The van der Waals surface area contributed by atoms with E-state index < -0.39 is 0 Å². The number of benzene rings is 1. The smallest absolute Gasteiger partial charge is 0.131 e. The quantitative estimate of drug-likeness (QED) is 0.790. The number of anilines is 1. The standard InChI is InChI=1S/C11H12FN3S/c1-6-3-9(12)7(4-10(6)16-2)8-5-14-15-11(8)13/h3-5H,1-2H3,(H3,13,14,15). The van der Waals surface area contributed by atoms with E-state index in [1.165, 1.54) is 12.3 Å². The number of halogens is 1. The summed E-state index contributed by atoms with van der Waals surface area (Å²) >= 11 is 1.58. The number of nitrogens with zero attached hydrogens (tertiary/aromatic N) is 1. The van der Waals surface area contributed by atoms with Crippen LogP contribution in [0, 0.1) is 12.7 Å². The maximum absolute atomic E-state index is 13.8. The number of H-pyrrole nitrogens is 1. The fourth-order valence-electron chi connectivity index (χ4n) is 1.59. The number of aryl methyl sites for hydroxylation is 1. The second-order valence-corrected chi connectivity index (χ2v) is 4.35. The number of aromatic nitrogens is 2. The van der Waals surface area contributed by atoms with Crippen LogP contribution in [-0.4, -0.2) is 16.5 Å². The largest absolute Gasteiger partial charge is 0.384 e. The minimum atomic E-state index is -0.275. The SMILES string of the molecule is CSc1cc(-c2cn[nH]c2N)c(F)cc1C. The number of nitrogen functional groups attached to an aromatic ring is 1. The number of nitrogens with one attached hydrogen (secondary N) is 1. The van der Waals surface area contributed by atoms with E-state index in [1.807, 2.05) is 13.2 Å². The third-order valence-corrected chi connectivity index (χ3v) is 3.32. The van der Waals surface area contributed by atoms with Gasteiger partial charge in [-0.15, -0.1) is 11.8 Å². The van der Waals surface area contributed by atoms with Crippen molar-refractivity contribution in [1.29, 1.82) is 0 Å². The lowest BCUT2D eigenvalue weighted by Crippen LogP contribution is -1.92. The Balaban J connectivity index is 2.61. The van der Waals surface area contributed by atoms with Crippen LogP contribution in [-0.2, 0) is 0 Å². The molecule has 0 amide bonds. The number of rotatable bonds is 2. The van der Waals surface area contributed by atoms with Crippen molar-refractivity contribution in [3.05, 3.63) is 29.7 Å². The zero-order valence-electron chi connectivity index (χ0n) is 9.04. The fourth-order valence-corrected chi connectivity index (χ4v) is 2.21. The first-order chi connectivity index (χ1) is 7.63. The predicted octanol–water partition coefficient (Wildman–Crippen LogP) is 2.83. The Bertz CT molecular complexity index is 522. The Hall–Kier alpha value is -1.49. The Labute approximate surface area is 97.2 Å². The van der Waals surface area contributed by atoms with Gasteiger partial charge in [0.05, 0.1) is 6.20 Å². The van der Waals surface area contributed by atoms with Crippen molar-refractivity contribution in [2.75, 3.05) is 12.0 Å². The van der Waals surface area contributed by atoms with Gasteiger partial charge in [-0.1, -0.05) is 0 Å². The van der Waals surface area contributed by atoms with Crippen LogP contribution in [0.1, 0.15) is 5.56 Å². The van der Waals surface area contributed by atoms with E-state index >= 15 is 0 Å². The second kappa shape index (κ2) is 4.17. The summed E-state index contributed by atoms with van der Waals surface area (Å²) in [5.74, 6) is 0.109. The topological polar surface area (TPSA) is 54.7 Å². The molecule has 0 saturated heterocycles. The normalized spacial score (nSPS) is 10.7. The number of hydrogen-bond donors (Lipinski definition) is 2. The van der Waals surface area contributed by atoms with Crippen LogP contribution in [0.4, 0.5) is 10.2 Å². The second-order valence-electron chi connectivity index (χ2n) is 3.50. The van der Waals surface area contributed by atoms with Gasteiger partial charge in [-0.3, -0.25) is 5.10 Å². The average molecular weight is 237 g/mol. The fraction of sp³-hybridized carbons (Fsp3) is 0.182. The van der Waals surface area contributed by atoms with Crippen molar-refractivity contribution < 1.29 is 4.39 Å². The van der Waals surface area contributed by atoms with Gasteiger partial charge in [0.1, 0.15) is 11.6 Å². The molecule has 0 aliphatic rings. The van der Waals surface area contributed by atoms with Crippen LogP contribution in [0.3, 0.4) is 0 Å². The van der Waals surface area contributed by atoms with Gasteiger partial charge in [-0.05, 0) is 30.9 Å². The van der Waals surface area contributed by atoms with E-state index in [0.29, 0.717) is 16.9 Å². The van der Waals surface area contributed by atoms with Crippen molar-refractivity contribution in [2.45, 2.75) is 11.8 Å². The Kier molecular flexibility index (Phi) is 2.87. The number of aromatic amines is 1. The molecule has 0 atom stereocenters. The predicted molar refractivity (Wildman–Crippen MR) is 64.9 cm³/mol. The Morgan fingerprint density at radius 2 is 2.12 bits per heavy atom. The summed E-state index contributed by atoms with van der Waals surface area (Å²) < 4.78 is 13.8. The molecule has 2 aromatic rings. The van der Waals surface area contributed by atoms with E-state index in [9.17, 15) is 4.39 Å². The zero-order valence-corrected chi connectivity index (χ0v) is 9.86. The lowest BCUT2D eigenvalue weighted by molar-refractivity contribution is 0.628. The molecule has 1 aromatic heterocycles. The van der Waals surface area contributed by atoms with Crippen LogP contribution in [0.25, 0.3) is 11.1 Å². The van der Waals surface area contributed by atoms with E-state index in [2.05, 4.69) is 10.2 Å². The molecule has 0 bridgehead atoms. The summed E-state index contributed by atoms with van der Waals surface area (Å²) in [5.41, 5.74) is 7.70. The van der Waals surface area contributed by atoms with Gasteiger partial charge in [0.15, 0.2) is 0 Å². The van der Waals surface area contributed by atoms with Gasteiger partial charge >= 0.3 is 0 Å². The minimum Gasteiger partial charge on any atom is -0.384 e. The van der Waals surface area contributed by atoms with Crippen LogP contribution in [0.5, 0.6) is 0 Å². The molecule has 84 valence electrons. The number of hydrogen-bond acceptors (Lipinski definition) is 3. The van der Waals surface area contributed by atoms with E-state index in [-0.39, 0.29) is 5.82 Å². The summed E-state index contributed by atoms with van der Waals surface area (Å²) in [6.45, 7) is 1.89. The average Bonchev–Trinajstić information content (AvgIpc) is 2.65. The van der Waals surface area contributed by atoms with Crippen molar-refractivity contribution in [3.63, 3.8) is 0 Å². The third-order valence-electron chi connectivity index (χ3n) is 2.44. The molecule has 3 N–H and O–H groups in total. The van der Waals surface area contributed by atoms with Gasteiger partial charge < -0.3 is 5.73 Å². The van der Waals surface area contributed by atoms with Gasteiger partial charge in [0.2, 0.25) is 0 Å². The Morgan fingerprint density at radius 1 is 1.38 bits per heavy atom. The molecule has 0 aliphatic heterocycles. The molecule has 5 heteroatoms. The molecule has 0 spiro atoms. The summed E-state index contributed by atoms with van der Waals surface area (Å²) in [6, 6.07) is 3.32. The van der Waals surface area contributed by atoms with Crippen molar-refractivity contribution in [1.82, 2.24) is 10.2 Å². The number of thioether (sulfide) groups is 1. The molecule has 0 saturated carbocycles. The van der Waals surface area contributed by atoms with Crippen LogP contribution in [0.2, 0.25) is 0 Å². The molecule has 16 heavy (non-hydrogen) atoms. The molecule has 0 unspecified atom stereocenters. The maximum Gasteiger partial charge on any atom is 0.131 e. The highest BCUT2D eigenvalue weighted by Gasteiger charge is 2.12. The highest BCUT2D eigenvalue weighted by Crippen LogP contribution is 2.32.